The first kappa shape index (κ1) is 20.6. The predicted octanol–water partition coefficient (Wildman–Crippen LogP) is 5.09. The van der Waals surface area contributed by atoms with Crippen LogP contribution in [0.1, 0.15) is 29.7 Å². The van der Waals surface area contributed by atoms with Crippen molar-refractivity contribution < 1.29 is 9.50 Å². The molecule has 0 radical (unpaired) electrons. The van der Waals surface area contributed by atoms with Gasteiger partial charge in [0, 0.05) is 23.7 Å². The van der Waals surface area contributed by atoms with Crippen molar-refractivity contribution in [3.05, 3.63) is 71.2 Å². The maximum Gasteiger partial charge on any atom is 0.166 e. The number of nitrogens with zero attached hydrogens (tertiary/aromatic N) is 4. The van der Waals surface area contributed by atoms with E-state index in [4.69, 9.17) is 10.1 Å². The van der Waals surface area contributed by atoms with Crippen LogP contribution in [-0.4, -0.2) is 38.9 Å². The highest BCUT2D eigenvalue weighted by Crippen LogP contribution is 2.35. The van der Waals surface area contributed by atoms with E-state index < -0.39 is 0 Å². The molecule has 0 bridgehead atoms. The molecule has 4 aromatic rings. The minimum atomic E-state index is -0.226. The van der Waals surface area contributed by atoms with E-state index in [1.54, 1.807) is 13.0 Å². The molecule has 0 saturated carbocycles. The zero-order valence-corrected chi connectivity index (χ0v) is 18.6. The molecule has 1 atom stereocenters. The van der Waals surface area contributed by atoms with Gasteiger partial charge in [0.05, 0.1) is 24.0 Å². The Morgan fingerprint density at radius 2 is 1.78 bits per heavy atom. The lowest BCUT2D eigenvalue weighted by Gasteiger charge is -2.25. The monoisotopic (exact) mass is 430 g/mol. The molecule has 1 aliphatic heterocycles. The third-order valence-electron chi connectivity index (χ3n) is 6.43. The van der Waals surface area contributed by atoms with Gasteiger partial charge in [0.15, 0.2) is 5.65 Å². The molecular formula is C26H27FN4O. The number of aromatic nitrogens is 3. The predicted molar refractivity (Wildman–Crippen MR) is 125 cm³/mol. The van der Waals surface area contributed by atoms with Crippen molar-refractivity contribution in [2.75, 3.05) is 18.1 Å². The number of hydrogen-bond donors (Lipinski definition) is 1. The lowest BCUT2D eigenvalue weighted by atomic mass is 10.0. The van der Waals surface area contributed by atoms with E-state index >= 15 is 0 Å². The summed E-state index contributed by atoms with van der Waals surface area (Å²) in [5.74, 6) is 0.593. The number of halogens is 1. The van der Waals surface area contributed by atoms with Gasteiger partial charge in [-0.3, -0.25) is 0 Å². The van der Waals surface area contributed by atoms with Gasteiger partial charge in [0.1, 0.15) is 11.6 Å². The number of fused-ring (bicyclic) bond motifs is 1. The molecule has 0 amide bonds. The van der Waals surface area contributed by atoms with Crippen LogP contribution in [0.4, 0.5) is 10.2 Å². The standard InChI is InChI=1S/C26H27FN4O/c1-16-6-8-19(9-7-16)25-18(3)29-31-23(20-10-11-22(27)17(2)13-20)14-24(28-26(25)31)30-12-4-5-21(30)15-32/h6-11,13-14,21,32H,4-5,12,15H2,1-3H3/t21-/m0/s1. The van der Waals surface area contributed by atoms with Crippen molar-refractivity contribution in [1.29, 1.82) is 0 Å². The van der Waals surface area contributed by atoms with Gasteiger partial charge in [-0.15, -0.1) is 0 Å². The van der Waals surface area contributed by atoms with Crippen LogP contribution >= 0.6 is 0 Å². The van der Waals surface area contributed by atoms with Crippen LogP contribution < -0.4 is 4.90 Å². The van der Waals surface area contributed by atoms with Gasteiger partial charge in [0.25, 0.3) is 0 Å². The molecule has 2 aromatic carbocycles. The summed E-state index contributed by atoms with van der Waals surface area (Å²) in [7, 11) is 0. The van der Waals surface area contributed by atoms with Crippen LogP contribution in [0, 0.1) is 26.6 Å². The van der Waals surface area contributed by atoms with Crippen molar-refractivity contribution in [1.82, 2.24) is 14.6 Å². The topological polar surface area (TPSA) is 53.7 Å². The van der Waals surface area contributed by atoms with E-state index in [1.165, 1.54) is 11.6 Å². The van der Waals surface area contributed by atoms with Gasteiger partial charge in [-0.25, -0.2) is 13.9 Å². The fourth-order valence-corrected chi connectivity index (χ4v) is 4.65. The van der Waals surface area contributed by atoms with E-state index in [-0.39, 0.29) is 18.5 Å². The second-order valence-corrected chi connectivity index (χ2v) is 8.70. The Hall–Kier alpha value is -3.25. The molecule has 5 rings (SSSR count). The minimum absolute atomic E-state index is 0.0552. The fraction of sp³-hybridized carbons (Fsp3) is 0.308. The van der Waals surface area contributed by atoms with E-state index in [9.17, 15) is 9.50 Å². The Balaban J connectivity index is 1.79. The van der Waals surface area contributed by atoms with Crippen molar-refractivity contribution in [3.8, 4) is 22.4 Å². The van der Waals surface area contributed by atoms with E-state index in [2.05, 4.69) is 36.1 Å². The Kier molecular flexibility index (Phi) is 5.18. The van der Waals surface area contributed by atoms with Crippen LogP contribution in [0.15, 0.2) is 48.5 Å². The van der Waals surface area contributed by atoms with Gasteiger partial charge in [-0.2, -0.15) is 5.10 Å². The molecular weight excluding hydrogens is 403 g/mol. The zero-order valence-electron chi connectivity index (χ0n) is 18.6. The summed E-state index contributed by atoms with van der Waals surface area (Å²) in [5.41, 5.74) is 7.24. The molecule has 1 fully saturated rings. The fourth-order valence-electron chi connectivity index (χ4n) is 4.65. The summed E-state index contributed by atoms with van der Waals surface area (Å²) in [6, 6.07) is 15.6. The molecule has 3 heterocycles. The summed E-state index contributed by atoms with van der Waals surface area (Å²) in [4.78, 5) is 7.22. The summed E-state index contributed by atoms with van der Waals surface area (Å²) < 4.78 is 15.9. The van der Waals surface area contributed by atoms with Gasteiger partial charge in [-0.1, -0.05) is 29.8 Å². The molecule has 0 spiro atoms. The largest absolute Gasteiger partial charge is 0.394 e. The molecule has 5 nitrogen and oxygen atoms in total. The molecule has 0 aliphatic carbocycles. The number of anilines is 1. The van der Waals surface area contributed by atoms with Crippen LogP contribution in [0.3, 0.4) is 0 Å². The molecule has 32 heavy (non-hydrogen) atoms. The zero-order chi connectivity index (χ0) is 22.4. The summed E-state index contributed by atoms with van der Waals surface area (Å²) >= 11 is 0. The maximum absolute atomic E-state index is 14.0. The highest BCUT2D eigenvalue weighted by atomic mass is 19.1. The van der Waals surface area contributed by atoms with E-state index in [1.807, 2.05) is 23.6 Å². The van der Waals surface area contributed by atoms with Crippen LogP contribution in [0.25, 0.3) is 28.0 Å². The lowest BCUT2D eigenvalue weighted by molar-refractivity contribution is 0.266. The molecule has 164 valence electrons. The smallest absolute Gasteiger partial charge is 0.166 e. The maximum atomic E-state index is 14.0. The molecule has 0 unspecified atom stereocenters. The number of aliphatic hydroxyl groups is 1. The first-order valence-corrected chi connectivity index (χ1v) is 11.1. The number of rotatable bonds is 4. The number of hydrogen-bond acceptors (Lipinski definition) is 4. The third-order valence-corrected chi connectivity index (χ3v) is 6.43. The second-order valence-electron chi connectivity index (χ2n) is 8.70. The normalized spacial score (nSPS) is 16.3. The Bertz CT molecular complexity index is 1300. The number of aryl methyl sites for hydroxylation is 3. The van der Waals surface area contributed by atoms with Gasteiger partial charge < -0.3 is 10.0 Å². The molecule has 1 N–H and O–H groups in total. The SMILES string of the molecule is Cc1ccc(-c2c(C)nn3c(-c4ccc(F)c(C)c4)cc(N4CCC[C@H]4CO)nc23)cc1. The Labute approximate surface area is 187 Å². The molecule has 6 heteroatoms. The molecule has 1 saturated heterocycles. The van der Waals surface area contributed by atoms with E-state index in [0.29, 0.717) is 5.56 Å². The first-order chi connectivity index (χ1) is 15.5. The summed E-state index contributed by atoms with van der Waals surface area (Å²) in [5, 5.41) is 14.7. The van der Waals surface area contributed by atoms with Crippen LogP contribution in [0.2, 0.25) is 0 Å². The third kappa shape index (κ3) is 3.45. The van der Waals surface area contributed by atoms with Crippen molar-refractivity contribution >= 4 is 11.5 Å². The number of benzene rings is 2. The Morgan fingerprint density at radius 3 is 2.50 bits per heavy atom. The van der Waals surface area contributed by atoms with Crippen molar-refractivity contribution in [2.45, 2.75) is 39.7 Å². The molecule has 1 aliphatic rings. The van der Waals surface area contributed by atoms with Crippen molar-refractivity contribution in [2.24, 2.45) is 0 Å². The van der Waals surface area contributed by atoms with Gasteiger partial charge in [0.2, 0.25) is 0 Å². The first-order valence-electron chi connectivity index (χ1n) is 11.1. The van der Waals surface area contributed by atoms with Crippen molar-refractivity contribution in [3.63, 3.8) is 0 Å². The van der Waals surface area contributed by atoms with Gasteiger partial charge >= 0.3 is 0 Å². The van der Waals surface area contributed by atoms with E-state index in [0.717, 1.165) is 58.9 Å². The molecule has 2 aromatic heterocycles. The van der Waals surface area contributed by atoms with Crippen LogP contribution in [0.5, 0.6) is 0 Å². The second kappa shape index (κ2) is 8.02. The summed E-state index contributed by atoms with van der Waals surface area (Å²) in [6.07, 6.45) is 1.96. The van der Waals surface area contributed by atoms with Crippen LogP contribution in [-0.2, 0) is 0 Å². The number of aliphatic hydroxyl groups excluding tert-OH is 1. The summed E-state index contributed by atoms with van der Waals surface area (Å²) in [6.45, 7) is 6.78. The quantitative estimate of drug-likeness (QED) is 0.490. The Morgan fingerprint density at radius 1 is 1.03 bits per heavy atom. The lowest BCUT2D eigenvalue weighted by Crippen LogP contribution is -2.32. The average molecular weight is 431 g/mol. The highest BCUT2D eigenvalue weighted by molar-refractivity contribution is 5.83. The minimum Gasteiger partial charge on any atom is -0.394 e. The van der Waals surface area contributed by atoms with Gasteiger partial charge in [-0.05, 0) is 62.9 Å². The highest BCUT2D eigenvalue weighted by Gasteiger charge is 2.27. The average Bonchev–Trinajstić information content (AvgIpc) is 3.39.